The number of likely N-dealkylation sites (tertiary alicyclic amines) is 1. The molecule has 0 bridgehead atoms. The van der Waals surface area contributed by atoms with E-state index in [0.29, 0.717) is 32.2 Å². The van der Waals surface area contributed by atoms with Crippen LogP contribution >= 0.6 is 0 Å². The molecule has 5 heteroatoms. The highest BCUT2D eigenvalue weighted by Crippen LogP contribution is 2.37. The first kappa shape index (κ1) is 24.5. The van der Waals surface area contributed by atoms with Crippen molar-refractivity contribution in [2.45, 2.75) is 70.4 Å². The van der Waals surface area contributed by atoms with E-state index in [1.807, 2.05) is 60.7 Å². The Morgan fingerprint density at radius 2 is 1.76 bits per heavy atom. The van der Waals surface area contributed by atoms with Crippen molar-refractivity contribution in [2.75, 3.05) is 6.54 Å². The number of benzene rings is 2. The molecule has 5 nitrogen and oxygen atoms in total. The van der Waals surface area contributed by atoms with E-state index in [-0.39, 0.29) is 24.4 Å². The number of hydrogen-bond acceptors (Lipinski definition) is 4. The molecule has 1 fully saturated rings. The number of nitrogens with zero attached hydrogens (tertiary/aromatic N) is 2. The summed E-state index contributed by atoms with van der Waals surface area (Å²) in [6.45, 7) is 4.99. The van der Waals surface area contributed by atoms with Crippen molar-refractivity contribution in [2.24, 2.45) is 5.92 Å². The summed E-state index contributed by atoms with van der Waals surface area (Å²) in [6, 6.07) is 21.6. The third-order valence-corrected chi connectivity index (χ3v) is 6.75. The Morgan fingerprint density at radius 1 is 1.09 bits per heavy atom. The largest absolute Gasteiger partial charge is 0.459 e. The van der Waals surface area contributed by atoms with Crippen LogP contribution in [0, 0.1) is 17.2 Å². The molecule has 1 amide bonds. The molecule has 0 radical (unpaired) electrons. The number of esters is 1. The third-order valence-electron chi connectivity index (χ3n) is 6.75. The molecule has 1 saturated heterocycles. The molecule has 174 valence electrons. The Labute approximate surface area is 197 Å². The maximum absolute atomic E-state index is 12.9. The lowest BCUT2D eigenvalue weighted by Crippen LogP contribution is -2.41. The number of amides is 1. The summed E-state index contributed by atoms with van der Waals surface area (Å²) in [7, 11) is 0. The highest BCUT2D eigenvalue weighted by atomic mass is 16.5. The van der Waals surface area contributed by atoms with Crippen LogP contribution in [0.5, 0.6) is 0 Å². The van der Waals surface area contributed by atoms with Crippen molar-refractivity contribution in [3.63, 3.8) is 0 Å². The molecule has 1 heterocycles. The van der Waals surface area contributed by atoms with E-state index >= 15 is 0 Å². The van der Waals surface area contributed by atoms with Gasteiger partial charge in [0, 0.05) is 13.0 Å². The SMILES string of the molecule is CC(C)C(C#N)(CCCCC(=O)N1CCC[C@H]1C(=O)OCc1ccccc1)c1ccccc1. The number of carbonyl (C=O) groups is 2. The lowest BCUT2D eigenvalue weighted by Gasteiger charge is -2.31. The van der Waals surface area contributed by atoms with Gasteiger partial charge in [-0.25, -0.2) is 4.79 Å². The summed E-state index contributed by atoms with van der Waals surface area (Å²) in [6.07, 6.45) is 4.04. The van der Waals surface area contributed by atoms with Gasteiger partial charge in [0.15, 0.2) is 0 Å². The van der Waals surface area contributed by atoms with Crippen molar-refractivity contribution < 1.29 is 14.3 Å². The minimum atomic E-state index is -0.554. The fourth-order valence-electron chi connectivity index (χ4n) is 4.71. The first-order valence-electron chi connectivity index (χ1n) is 11.9. The average molecular weight is 447 g/mol. The molecule has 2 atom stereocenters. The van der Waals surface area contributed by atoms with E-state index in [9.17, 15) is 14.9 Å². The maximum atomic E-state index is 12.9. The second-order valence-corrected chi connectivity index (χ2v) is 9.15. The zero-order valence-electron chi connectivity index (χ0n) is 19.7. The second-order valence-electron chi connectivity index (χ2n) is 9.15. The van der Waals surface area contributed by atoms with E-state index in [2.05, 4.69) is 19.9 Å². The molecule has 0 saturated carbocycles. The van der Waals surface area contributed by atoms with Crippen molar-refractivity contribution in [3.8, 4) is 6.07 Å². The van der Waals surface area contributed by atoms with Crippen molar-refractivity contribution in [1.29, 1.82) is 5.26 Å². The van der Waals surface area contributed by atoms with Crippen LogP contribution in [0.1, 0.15) is 63.5 Å². The molecule has 33 heavy (non-hydrogen) atoms. The van der Waals surface area contributed by atoms with E-state index in [1.165, 1.54) is 0 Å². The zero-order valence-corrected chi connectivity index (χ0v) is 19.7. The maximum Gasteiger partial charge on any atom is 0.329 e. The van der Waals surface area contributed by atoms with Gasteiger partial charge in [0.05, 0.1) is 11.5 Å². The van der Waals surface area contributed by atoms with E-state index in [0.717, 1.165) is 24.0 Å². The number of carbonyl (C=O) groups excluding carboxylic acids is 2. The first-order valence-corrected chi connectivity index (χ1v) is 11.9. The third kappa shape index (κ3) is 6.01. The van der Waals surface area contributed by atoms with Gasteiger partial charge in [-0.2, -0.15) is 5.26 Å². The Bertz CT molecular complexity index is 952. The fraction of sp³-hybridized carbons (Fsp3) is 0.464. The predicted molar refractivity (Wildman–Crippen MR) is 128 cm³/mol. The van der Waals surface area contributed by atoms with Gasteiger partial charge in [-0.3, -0.25) is 4.79 Å². The second kappa shape index (κ2) is 11.7. The van der Waals surface area contributed by atoms with Gasteiger partial charge in [0.25, 0.3) is 0 Å². The van der Waals surface area contributed by atoms with Gasteiger partial charge in [-0.1, -0.05) is 80.9 Å². The van der Waals surface area contributed by atoms with Crippen LogP contribution in [0.3, 0.4) is 0 Å². The quantitative estimate of drug-likeness (QED) is 0.362. The normalized spacial score (nSPS) is 17.4. The molecule has 0 aliphatic carbocycles. The molecule has 1 aliphatic heterocycles. The van der Waals surface area contributed by atoms with Crippen LogP contribution in [0.25, 0.3) is 0 Å². The number of hydrogen-bond donors (Lipinski definition) is 0. The van der Waals surface area contributed by atoms with Crippen LogP contribution in [-0.2, 0) is 26.3 Å². The summed E-state index contributed by atoms with van der Waals surface area (Å²) in [5.41, 5.74) is 1.42. The Morgan fingerprint density at radius 3 is 2.39 bits per heavy atom. The standard InChI is InChI=1S/C28H34N2O3/c1-22(2)28(21-29,24-14-7-4-8-15-24)18-10-9-17-26(31)30-19-11-16-25(30)27(32)33-20-23-12-5-3-6-13-23/h3-8,12-15,22,25H,9-11,16-20H2,1-2H3/t25-,28?/m0/s1. The Hall–Kier alpha value is -3.13. The van der Waals surface area contributed by atoms with Crippen molar-refractivity contribution in [3.05, 3.63) is 71.8 Å². The smallest absolute Gasteiger partial charge is 0.329 e. The molecule has 2 aromatic rings. The summed E-state index contributed by atoms with van der Waals surface area (Å²) >= 11 is 0. The minimum absolute atomic E-state index is 0.000904. The lowest BCUT2D eigenvalue weighted by atomic mass is 9.69. The van der Waals surface area contributed by atoms with Gasteiger partial charge >= 0.3 is 5.97 Å². The van der Waals surface area contributed by atoms with Gasteiger partial charge in [-0.15, -0.1) is 0 Å². The summed E-state index contributed by atoms with van der Waals surface area (Å²) in [5, 5.41) is 10.0. The molecule has 3 rings (SSSR count). The molecule has 1 aliphatic rings. The highest BCUT2D eigenvalue weighted by Gasteiger charge is 2.37. The topological polar surface area (TPSA) is 70.4 Å². The van der Waals surface area contributed by atoms with Crippen molar-refractivity contribution in [1.82, 2.24) is 4.90 Å². The fourth-order valence-corrected chi connectivity index (χ4v) is 4.71. The van der Waals surface area contributed by atoms with E-state index in [4.69, 9.17) is 4.74 Å². The van der Waals surface area contributed by atoms with Gasteiger partial charge in [-0.05, 0) is 42.7 Å². The molecule has 0 aromatic heterocycles. The molecule has 0 N–H and O–H groups in total. The van der Waals surface area contributed by atoms with Crippen LogP contribution in [0.2, 0.25) is 0 Å². The minimum Gasteiger partial charge on any atom is -0.459 e. The summed E-state index contributed by atoms with van der Waals surface area (Å²) < 4.78 is 5.48. The summed E-state index contributed by atoms with van der Waals surface area (Å²) in [4.78, 5) is 27.2. The molecule has 1 unspecified atom stereocenters. The highest BCUT2D eigenvalue weighted by molar-refractivity contribution is 5.85. The number of nitriles is 1. The van der Waals surface area contributed by atoms with E-state index in [1.54, 1.807) is 4.90 Å². The van der Waals surface area contributed by atoms with Gasteiger partial charge in [0.1, 0.15) is 12.6 Å². The Kier molecular flexibility index (Phi) is 8.65. The number of rotatable bonds is 10. The number of ether oxygens (including phenoxy) is 1. The van der Waals surface area contributed by atoms with E-state index < -0.39 is 11.5 Å². The van der Waals surface area contributed by atoms with Crippen LogP contribution < -0.4 is 0 Å². The van der Waals surface area contributed by atoms with Crippen LogP contribution in [-0.4, -0.2) is 29.4 Å². The monoisotopic (exact) mass is 446 g/mol. The Balaban J connectivity index is 1.51. The van der Waals surface area contributed by atoms with Crippen LogP contribution in [0.15, 0.2) is 60.7 Å². The molecule has 0 spiro atoms. The zero-order chi connectivity index (χ0) is 23.7. The number of unbranched alkanes of at least 4 members (excludes halogenated alkanes) is 1. The van der Waals surface area contributed by atoms with Gasteiger partial charge in [0.2, 0.25) is 5.91 Å². The van der Waals surface area contributed by atoms with Gasteiger partial charge < -0.3 is 9.64 Å². The van der Waals surface area contributed by atoms with Crippen LogP contribution in [0.4, 0.5) is 0 Å². The van der Waals surface area contributed by atoms with Crippen molar-refractivity contribution >= 4 is 11.9 Å². The average Bonchev–Trinajstić information content (AvgIpc) is 3.34. The molecule has 2 aromatic carbocycles. The predicted octanol–water partition coefficient (Wildman–Crippen LogP) is 5.40. The molecular formula is C28H34N2O3. The first-order chi connectivity index (χ1) is 16.0. The molecular weight excluding hydrogens is 412 g/mol. The lowest BCUT2D eigenvalue weighted by molar-refractivity contribution is -0.154. The summed E-state index contributed by atoms with van der Waals surface area (Å²) in [5.74, 6) is -0.152.